The van der Waals surface area contributed by atoms with E-state index in [1.165, 1.54) is 4.88 Å². The van der Waals surface area contributed by atoms with E-state index in [0.29, 0.717) is 13.0 Å². The van der Waals surface area contributed by atoms with E-state index in [0.717, 1.165) is 44.6 Å². The quantitative estimate of drug-likeness (QED) is 0.339. The van der Waals surface area contributed by atoms with Crippen LogP contribution in [0.15, 0.2) is 47.8 Å². The Kier molecular flexibility index (Phi) is 12.2. The standard InChI is InChI=1S/C22H30N2O2S.C4H6O6/c1-3-21(25)24(19-8-5-4-6-9-19)22(18-26-2)12-15-23(16-13-22)14-11-20-10-7-17-27-20;5-1(3(7)8)2(6)4(9)10/h4-10,17H,3,11-16,18H2,1-2H3;1-2,5-6H,(H,7,8)(H,9,10)/t;1-,2-/m.0/s1. The van der Waals surface area contributed by atoms with E-state index in [4.69, 9.17) is 25.2 Å². The summed E-state index contributed by atoms with van der Waals surface area (Å²) in [6.07, 6.45) is -1.05. The third-order valence-electron chi connectivity index (χ3n) is 6.30. The predicted octanol–water partition coefficient (Wildman–Crippen LogP) is 2.09. The minimum atomic E-state index is -2.27. The van der Waals surface area contributed by atoms with E-state index in [9.17, 15) is 14.4 Å². The molecular weight excluding hydrogens is 500 g/mol. The first-order valence-corrected chi connectivity index (χ1v) is 13.0. The van der Waals surface area contributed by atoms with Crippen molar-refractivity contribution in [2.24, 2.45) is 0 Å². The van der Waals surface area contributed by atoms with Gasteiger partial charge in [0.2, 0.25) is 5.91 Å². The topological polar surface area (TPSA) is 148 Å². The second kappa shape index (κ2) is 14.8. The molecule has 1 amide bonds. The van der Waals surface area contributed by atoms with Crippen LogP contribution in [0.2, 0.25) is 0 Å². The van der Waals surface area contributed by atoms with Crippen LogP contribution in [0, 0.1) is 0 Å². The number of piperidine rings is 1. The van der Waals surface area contributed by atoms with Crippen molar-refractivity contribution < 1.29 is 39.5 Å². The molecule has 0 saturated carbocycles. The number of anilines is 1. The van der Waals surface area contributed by atoms with E-state index >= 15 is 0 Å². The summed E-state index contributed by atoms with van der Waals surface area (Å²) in [5.41, 5.74) is 0.719. The van der Waals surface area contributed by atoms with E-state index in [-0.39, 0.29) is 11.4 Å². The number of benzene rings is 1. The summed E-state index contributed by atoms with van der Waals surface area (Å²) in [6, 6.07) is 14.4. The Bertz CT molecular complexity index is 960. The van der Waals surface area contributed by atoms with E-state index < -0.39 is 24.1 Å². The molecule has 0 aliphatic carbocycles. The number of aliphatic hydroxyl groups is 2. The van der Waals surface area contributed by atoms with E-state index in [1.807, 2.05) is 53.5 Å². The lowest BCUT2D eigenvalue weighted by Crippen LogP contribution is -2.60. The van der Waals surface area contributed by atoms with Crippen LogP contribution < -0.4 is 4.90 Å². The first-order valence-electron chi connectivity index (χ1n) is 12.1. The van der Waals surface area contributed by atoms with Crippen LogP contribution in [0.5, 0.6) is 0 Å². The molecule has 1 saturated heterocycles. The Morgan fingerprint density at radius 3 is 2.08 bits per heavy atom. The normalized spacial score (nSPS) is 16.6. The van der Waals surface area contributed by atoms with Crippen molar-refractivity contribution >= 4 is 34.9 Å². The van der Waals surface area contributed by atoms with Gasteiger partial charge in [0.1, 0.15) is 0 Å². The number of carbonyl (C=O) groups excluding carboxylic acids is 1. The third-order valence-corrected chi connectivity index (χ3v) is 7.24. The molecule has 1 fully saturated rings. The van der Waals surface area contributed by atoms with Crippen molar-refractivity contribution in [2.45, 2.75) is 50.4 Å². The van der Waals surface area contributed by atoms with Gasteiger partial charge < -0.3 is 35.0 Å². The highest BCUT2D eigenvalue weighted by molar-refractivity contribution is 7.09. The fourth-order valence-electron chi connectivity index (χ4n) is 4.30. The SMILES string of the molecule is CCC(=O)N(c1ccccc1)C1(COC)CCN(CCc2cccs2)CC1.O=C(O)[C@@H](O)[C@H](O)C(=O)O. The summed E-state index contributed by atoms with van der Waals surface area (Å²) in [5.74, 6) is -3.37. The average molecular weight is 537 g/mol. The first-order chi connectivity index (χ1) is 17.6. The van der Waals surface area contributed by atoms with E-state index in [1.54, 1.807) is 7.11 Å². The lowest BCUT2D eigenvalue weighted by atomic mass is 9.85. The number of rotatable bonds is 11. The zero-order valence-electron chi connectivity index (χ0n) is 21.2. The number of hydrogen-bond donors (Lipinski definition) is 4. The molecule has 37 heavy (non-hydrogen) atoms. The van der Waals surface area contributed by atoms with Gasteiger partial charge in [-0.15, -0.1) is 11.3 Å². The van der Waals surface area contributed by atoms with Gasteiger partial charge in [0.15, 0.2) is 12.2 Å². The highest BCUT2D eigenvalue weighted by Gasteiger charge is 2.42. The maximum atomic E-state index is 12.9. The van der Waals surface area contributed by atoms with Crippen LogP contribution in [-0.2, 0) is 25.5 Å². The fraction of sp³-hybridized carbons (Fsp3) is 0.500. The molecule has 1 aromatic heterocycles. The maximum absolute atomic E-state index is 12.9. The summed E-state index contributed by atoms with van der Waals surface area (Å²) < 4.78 is 5.63. The highest BCUT2D eigenvalue weighted by Crippen LogP contribution is 2.34. The zero-order valence-corrected chi connectivity index (χ0v) is 22.0. The zero-order chi connectivity index (χ0) is 27.4. The minimum absolute atomic E-state index is 0.172. The molecule has 1 aliphatic heterocycles. The van der Waals surface area contributed by atoms with Crippen LogP contribution in [0.25, 0.3) is 0 Å². The molecule has 1 aromatic carbocycles. The van der Waals surface area contributed by atoms with Gasteiger partial charge in [-0.2, -0.15) is 0 Å². The van der Waals surface area contributed by atoms with Gasteiger partial charge in [-0.3, -0.25) is 4.79 Å². The van der Waals surface area contributed by atoms with Crippen LogP contribution in [-0.4, -0.2) is 94.3 Å². The van der Waals surface area contributed by atoms with Gasteiger partial charge in [-0.25, -0.2) is 9.59 Å². The number of likely N-dealkylation sites (tertiary alicyclic amines) is 1. The number of amides is 1. The molecule has 10 nitrogen and oxygen atoms in total. The molecule has 0 bridgehead atoms. The van der Waals surface area contributed by atoms with Crippen LogP contribution in [0.1, 0.15) is 31.1 Å². The number of nitrogens with zero attached hydrogens (tertiary/aromatic N) is 2. The maximum Gasteiger partial charge on any atom is 0.335 e. The smallest absolute Gasteiger partial charge is 0.335 e. The summed E-state index contributed by atoms with van der Waals surface area (Å²) >= 11 is 1.83. The Balaban J connectivity index is 0.000000410. The van der Waals surface area contributed by atoms with Crippen molar-refractivity contribution in [3.05, 3.63) is 52.7 Å². The summed E-state index contributed by atoms with van der Waals surface area (Å²) in [4.78, 5) is 38.4. The van der Waals surface area contributed by atoms with Crippen LogP contribution in [0.3, 0.4) is 0 Å². The van der Waals surface area contributed by atoms with Crippen molar-refractivity contribution in [2.75, 3.05) is 38.3 Å². The molecular formula is C26H36N2O8S. The average Bonchev–Trinajstić information content (AvgIpc) is 3.42. The Labute approximate surface area is 220 Å². The molecule has 1 aliphatic rings. The number of hydrogen-bond acceptors (Lipinski definition) is 8. The Hall–Kier alpha value is -2.83. The molecule has 0 radical (unpaired) electrons. The lowest BCUT2D eigenvalue weighted by Gasteiger charge is -2.48. The van der Waals surface area contributed by atoms with Gasteiger partial charge >= 0.3 is 11.9 Å². The Morgan fingerprint density at radius 1 is 1.03 bits per heavy atom. The van der Waals surface area contributed by atoms with Crippen molar-refractivity contribution in [1.82, 2.24) is 4.90 Å². The largest absolute Gasteiger partial charge is 0.479 e. The van der Waals surface area contributed by atoms with Crippen molar-refractivity contribution in [3.8, 4) is 0 Å². The number of carbonyl (C=O) groups is 3. The summed E-state index contributed by atoms with van der Waals surface area (Å²) in [6.45, 7) is 5.59. The molecule has 4 N–H and O–H groups in total. The number of methoxy groups -OCH3 is 1. The lowest BCUT2D eigenvalue weighted by molar-refractivity contribution is -0.165. The monoisotopic (exact) mass is 536 g/mol. The van der Waals surface area contributed by atoms with Crippen LogP contribution >= 0.6 is 11.3 Å². The van der Waals surface area contributed by atoms with Gasteiger partial charge in [0, 0.05) is 43.7 Å². The molecule has 2 aromatic rings. The second-order valence-corrected chi connectivity index (χ2v) is 9.85. The van der Waals surface area contributed by atoms with Gasteiger partial charge in [-0.1, -0.05) is 31.2 Å². The number of ether oxygens (including phenoxy) is 1. The number of thiophene rings is 1. The fourth-order valence-corrected chi connectivity index (χ4v) is 5.00. The molecule has 204 valence electrons. The molecule has 2 heterocycles. The number of aliphatic hydroxyl groups excluding tert-OH is 2. The van der Waals surface area contributed by atoms with Gasteiger partial charge in [-0.05, 0) is 42.8 Å². The molecule has 0 unspecified atom stereocenters. The summed E-state index contributed by atoms with van der Waals surface area (Å²) in [5, 5.41) is 34.7. The van der Waals surface area contributed by atoms with E-state index in [2.05, 4.69) is 22.4 Å². The number of para-hydroxylation sites is 1. The van der Waals surface area contributed by atoms with Crippen molar-refractivity contribution in [3.63, 3.8) is 0 Å². The Morgan fingerprint density at radius 2 is 1.62 bits per heavy atom. The van der Waals surface area contributed by atoms with Crippen molar-refractivity contribution in [1.29, 1.82) is 0 Å². The summed E-state index contributed by atoms with van der Waals surface area (Å²) in [7, 11) is 1.74. The van der Waals surface area contributed by atoms with Gasteiger partial charge in [0.05, 0.1) is 12.1 Å². The minimum Gasteiger partial charge on any atom is -0.479 e. The molecule has 3 rings (SSSR count). The van der Waals surface area contributed by atoms with Crippen LogP contribution in [0.4, 0.5) is 5.69 Å². The number of carboxylic acid groups (broad SMARTS) is 2. The highest BCUT2D eigenvalue weighted by atomic mass is 32.1. The molecule has 0 spiro atoms. The number of aliphatic carboxylic acids is 2. The molecule has 11 heteroatoms. The second-order valence-electron chi connectivity index (χ2n) is 8.81. The first kappa shape index (κ1) is 30.4. The molecule has 2 atom stereocenters. The third kappa shape index (κ3) is 8.61. The van der Waals surface area contributed by atoms with Gasteiger partial charge in [0.25, 0.3) is 0 Å². The number of carboxylic acids is 2. The predicted molar refractivity (Wildman–Crippen MR) is 140 cm³/mol.